The van der Waals surface area contributed by atoms with Crippen molar-refractivity contribution >= 4 is 11.9 Å². The second-order valence-electron chi connectivity index (χ2n) is 7.19. The molecule has 0 atom stereocenters. The fourth-order valence-corrected chi connectivity index (χ4v) is 3.62. The third kappa shape index (κ3) is 5.58. The fourth-order valence-electron chi connectivity index (χ4n) is 3.62. The van der Waals surface area contributed by atoms with Crippen LogP contribution in [0.3, 0.4) is 0 Å². The summed E-state index contributed by atoms with van der Waals surface area (Å²) in [5.74, 6) is 1.74. The molecule has 1 aromatic heterocycles. The molecule has 0 aromatic carbocycles. The van der Waals surface area contributed by atoms with E-state index in [0.29, 0.717) is 18.5 Å². The first-order chi connectivity index (χ1) is 13.2. The van der Waals surface area contributed by atoms with E-state index in [9.17, 15) is 4.79 Å². The highest BCUT2D eigenvalue weighted by atomic mass is 16.5. The Morgan fingerprint density at radius 1 is 1.26 bits per heavy atom. The lowest BCUT2D eigenvalue weighted by Gasteiger charge is -2.36. The number of aliphatic imine (C=N–C) groups is 1. The van der Waals surface area contributed by atoms with Gasteiger partial charge in [-0.15, -0.1) is 0 Å². The second-order valence-corrected chi connectivity index (χ2v) is 7.19. The molecule has 2 heterocycles. The van der Waals surface area contributed by atoms with Crippen LogP contribution in [0.2, 0.25) is 0 Å². The van der Waals surface area contributed by atoms with Gasteiger partial charge in [0.2, 0.25) is 11.8 Å². The van der Waals surface area contributed by atoms with Crippen molar-refractivity contribution in [3.63, 3.8) is 0 Å². The van der Waals surface area contributed by atoms with Gasteiger partial charge in [0.15, 0.2) is 5.96 Å². The molecule has 7 heteroatoms. The molecule has 3 rings (SSSR count). The molecule has 1 aliphatic carbocycles. The molecule has 2 aliphatic rings. The van der Waals surface area contributed by atoms with Gasteiger partial charge < -0.3 is 19.9 Å². The molecule has 0 bridgehead atoms. The van der Waals surface area contributed by atoms with Crippen molar-refractivity contribution < 1.29 is 9.53 Å². The minimum atomic E-state index is 0.142. The molecular weight excluding hydrogens is 342 g/mol. The summed E-state index contributed by atoms with van der Waals surface area (Å²) >= 11 is 0. The van der Waals surface area contributed by atoms with Crippen molar-refractivity contribution in [3.05, 3.63) is 23.9 Å². The molecule has 148 valence electrons. The molecule has 2 fully saturated rings. The predicted octanol–water partition coefficient (Wildman–Crippen LogP) is 2.03. The molecule has 1 aliphatic heterocycles. The van der Waals surface area contributed by atoms with Gasteiger partial charge >= 0.3 is 0 Å². The lowest BCUT2D eigenvalue weighted by Crippen LogP contribution is -2.53. The summed E-state index contributed by atoms with van der Waals surface area (Å²) in [6, 6.07) is 3.99. The van der Waals surface area contributed by atoms with Gasteiger partial charge in [0.05, 0.1) is 6.54 Å². The number of carbonyl (C=O) groups is 1. The minimum absolute atomic E-state index is 0.142. The van der Waals surface area contributed by atoms with Crippen LogP contribution in [0, 0.1) is 0 Å². The summed E-state index contributed by atoms with van der Waals surface area (Å²) in [5, 5.41) is 3.37. The topological polar surface area (TPSA) is 70.1 Å². The fraction of sp³-hybridized carbons (Fsp3) is 0.650. The highest BCUT2D eigenvalue weighted by molar-refractivity contribution is 5.80. The average molecular weight is 374 g/mol. The van der Waals surface area contributed by atoms with Crippen LogP contribution in [0.25, 0.3) is 0 Å². The predicted molar refractivity (Wildman–Crippen MR) is 106 cm³/mol. The molecule has 1 aromatic rings. The van der Waals surface area contributed by atoms with Gasteiger partial charge in [0, 0.05) is 51.9 Å². The Balaban J connectivity index is 1.60. The van der Waals surface area contributed by atoms with Crippen molar-refractivity contribution in [3.8, 4) is 5.88 Å². The van der Waals surface area contributed by atoms with Crippen LogP contribution in [0.1, 0.15) is 45.1 Å². The normalized spacial score (nSPS) is 18.7. The third-order valence-corrected chi connectivity index (χ3v) is 5.16. The maximum atomic E-state index is 11.5. The van der Waals surface area contributed by atoms with E-state index in [1.807, 2.05) is 17.0 Å². The first-order valence-corrected chi connectivity index (χ1v) is 10.1. The number of carbonyl (C=O) groups excluding carboxylic acids is 1. The number of piperazine rings is 1. The van der Waals surface area contributed by atoms with Gasteiger partial charge in [-0.3, -0.25) is 4.79 Å². The number of nitrogens with one attached hydrogen (secondary N) is 1. The molecule has 1 amide bonds. The van der Waals surface area contributed by atoms with Crippen molar-refractivity contribution in [1.82, 2.24) is 20.1 Å². The maximum absolute atomic E-state index is 11.5. The summed E-state index contributed by atoms with van der Waals surface area (Å²) in [4.78, 5) is 24.8. The number of aromatic nitrogens is 1. The lowest BCUT2D eigenvalue weighted by atomic mass is 10.2. The first-order valence-electron chi connectivity index (χ1n) is 10.1. The van der Waals surface area contributed by atoms with Crippen molar-refractivity contribution in [2.24, 2.45) is 4.99 Å². The lowest BCUT2D eigenvalue weighted by molar-refractivity contribution is -0.130. The second kappa shape index (κ2) is 9.58. The third-order valence-electron chi connectivity index (χ3n) is 5.16. The zero-order valence-corrected chi connectivity index (χ0v) is 16.5. The molecule has 27 heavy (non-hydrogen) atoms. The molecule has 1 saturated heterocycles. The number of nitrogens with zero attached hydrogens (tertiary/aromatic N) is 4. The molecular formula is C20H31N5O2. The van der Waals surface area contributed by atoms with Gasteiger partial charge in [0.1, 0.15) is 6.10 Å². The number of ether oxygens (including phenoxy) is 1. The average Bonchev–Trinajstić information content (AvgIpc) is 3.18. The van der Waals surface area contributed by atoms with Gasteiger partial charge in [0.25, 0.3) is 0 Å². The van der Waals surface area contributed by atoms with Gasteiger partial charge in [-0.1, -0.05) is 0 Å². The smallest absolute Gasteiger partial charge is 0.219 e. The first kappa shape index (κ1) is 19.5. The van der Waals surface area contributed by atoms with Gasteiger partial charge in [-0.25, -0.2) is 9.98 Å². The summed E-state index contributed by atoms with van der Waals surface area (Å²) in [5.41, 5.74) is 1.09. The van der Waals surface area contributed by atoms with E-state index < -0.39 is 0 Å². The van der Waals surface area contributed by atoms with E-state index in [1.165, 1.54) is 12.8 Å². The summed E-state index contributed by atoms with van der Waals surface area (Å²) in [6.45, 7) is 8.19. The van der Waals surface area contributed by atoms with E-state index >= 15 is 0 Å². The molecule has 7 nitrogen and oxygen atoms in total. The standard InChI is InChI=1S/C20H31N5O2/c1-3-21-20(25-12-10-24(11-13-25)16(2)26)23-15-17-8-9-22-19(14-17)27-18-6-4-5-7-18/h8-9,14,18H,3-7,10-13,15H2,1-2H3,(H,21,23). The number of guanidine groups is 1. The Hall–Kier alpha value is -2.31. The Kier molecular flexibility index (Phi) is 6.90. The minimum Gasteiger partial charge on any atom is -0.474 e. The Morgan fingerprint density at radius 2 is 1.96 bits per heavy atom. The molecule has 0 spiro atoms. The number of pyridine rings is 1. The van der Waals surface area contributed by atoms with Crippen LogP contribution in [0.5, 0.6) is 5.88 Å². The Morgan fingerprint density at radius 3 is 2.63 bits per heavy atom. The number of hydrogen-bond acceptors (Lipinski definition) is 4. The summed E-state index contributed by atoms with van der Waals surface area (Å²) < 4.78 is 6.00. The molecule has 1 N–H and O–H groups in total. The van der Waals surface area contributed by atoms with E-state index in [0.717, 1.165) is 57.1 Å². The number of rotatable bonds is 5. The van der Waals surface area contributed by atoms with Crippen molar-refractivity contribution in [2.75, 3.05) is 32.7 Å². The maximum Gasteiger partial charge on any atom is 0.219 e. The van der Waals surface area contributed by atoms with Crippen molar-refractivity contribution in [1.29, 1.82) is 0 Å². The zero-order valence-electron chi connectivity index (χ0n) is 16.5. The number of hydrogen-bond donors (Lipinski definition) is 1. The van der Waals surface area contributed by atoms with Crippen LogP contribution in [-0.2, 0) is 11.3 Å². The van der Waals surface area contributed by atoms with Crippen molar-refractivity contribution in [2.45, 2.75) is 52.2 Å². The zero-order chi connectivity index (χ0) is 19.1. The Bertz CT molecular complexity index is 650. The van der Waals surface area contributed by atoms with Crippen LogP contribution < -0.4 is 10.1 Å². The molecule has 1 saturated carbocycles. The highest BCUT2D eigenvalue weighted by Crippen LogP contribution is 2.23. The van der Waals surface area contributed by atoms with Crippen LogP contribution in [0.4, 0.5) is 0 Å². The SMILES string of the molecule is CCNC(=NCc1ccnc(OC2CCCC2)c1)N1CCN(C(C)=O)CC1. The van der Waals surface area contributed by atoms with E-state index in [2.05, 4.69) is 22.1 Å². The largest absolute Gasteiger partial charge is 0.474 e. The summed E-state index contributed by atoms with van der Waals surface area (Å²) in [6.07, 6.45) is 6.86. The quantitative estimate of drug-likeness (QED) is 0.632. The monoisotopic (exact) mass is 373 g/mol. The van der Waals surface area contributed by atoms with Gasteiger partial charge in [-0.05, 0) is 44.2 Å². The van der Waals surface area contributed by atoms with Crippen LogP contribution in [-0.4, -0.2) is 65.5 Å². The van der Waals surface area contributed by atoms with E-state index in [4.69, 9.17) is 9.73 Å². The summed E-state index contributed by atoms with van der Waals surface area (Å²) in [7, 11) is 0. The molecule has 0 radical (unpaired) electrons. The van der Waals surface area contributed by atoms with Crippen LogP contribution in [0.15, 0.2) is 23.3 Å². The van der Waals surface area contributed by atoms with E-state index in [-0.39, 0.29) is 5.91 Å². The van der Waals surface area contributed by atoms with Gasteiger partial charge in [-0.2, -0.15) is 0 Å². The van der Waals surface area contributed by atoms with E-state index in [1.54, 1.807) is 13.1 Å². The Labute approximate surface area is 161 Å². The molecule has 0 unspecified atom stereocenters. The highest BCUT2D eigenvalue weighted by Gasteiger charge is 2.21. The number of amides is 1. The van der Waals surface area contributed by atoms with Crippen LogP contribution >= 0.6 is 0 Å².